The zero-order chi connectivity index (χ0) is 19.3. The van der Waals surface area contributed by atoms with Crippen LogP contribution in [-0.4, -0.2) is 45.5 Å². The summed E-state index contributed by atoms with van der Waals surface area (Å²) in [6, 6.07) is 2.89. The molecule has 1 aromatic carbocycles. The lowest BCUT2D eigenvalue weighted by molar-refractivity contribution is -0.123. The van der Waals surface area contributed by atoms with Gasteiger partial charge in [0.2, 0.25) is 5.75 Å². The number of nitrogens with one attached hydrogen (secondary N) is 1. The molecule has 9 heteroatoms. The summed E-state index contributed by atoms with van der Waals surface area (Å²) in [7, 11) is 4.59. The SMILES string of the molecule is COc1cc(/C=N/N=C2/N=NC(C(C)(C)C)C(=O)N2)cc(OC)c1OC. The Hall–Kier alpha value is -2.97. The van der Waals surface area contributed by atoms with Gasteiger partial charge < -0.3 is 14.2 Å². The fourth-order valence-corrected chi connectivity index (χ4v) is 2.31. The first-order chi connectivity index (χ1) is 12.3. The molecule has 1 amide bonds. The molecule has 1 unspecified atom stereocenters. The fraction of sp³-hybridized carbons (Fsp3) is 0.471. The first kappa shape index (κ1) is 19.4. The highest BCUT2D eigenvalue weighted by atomic mass is 16.5. The zero-order valence-corrected chi connectivity index (χ0v) is 15.7. The van der Waals surface area contributed by atoms with E-state index < -0.39 is 6.04 Å². The molecule has 1 atom stereocenters. The van der Waals surface area contributed by atoms with Crippen LogP contribution in [0, 0.1) is 5.41 Å². The number of hydrogen-bond donors (Lipinski definition) is 1. The molecule has 1 N–H and O–H groups in total. The molecule has 0 saturated carbocycles. The van der Waals surface area contributed by atoms with Crippen molar-refractivity contribution in [2.24, 2.45) is 25.8 Å². The zero-order valence-electron chi connectivity index (χ0n) is 15.7. The smallest absolute Gasteiger partial charge is 0.268 e. The second-order valence-electron chi connectivity index (χ2n) is 6.60. The standard InChI is InChI=1S/C17H23N5O4/c1-17(2,3)14-15(23)19-16(22-20-14)21-18-9-10-7-11(24-4)13(26-6)12(8-10)25-5/h7-9,14H,1-6H3,(H,19,21,23)/b18-9+. The summed E-state index contributed by atoms with van der Waals surface area (Å²) in [5.41, 5.74) is 0.356. The van der Waals surface area contributed by atoms with Crippen LogP contribution >= 0.6 is 0 Å². The first-order valence-electron chi connectivity index (χ1n) is 7.93. The molecule has 0 aliphatic carbocycles. The van der Waals surface area contributed by atoms with E-state index in [1.165, 1.54) is 27.5 Å². The number of amides is 1. The fourth-order valence-electron chi connectivity index (χ4n) is 2.31. The van der Waals surface area contributed by atoms with Gasteiger partial charge in [-0.15, -0.1) is 10.2 Å². The van der Waals surface area contributed by atoms with E-state index >= 15 is 0 Å². The van der Waals surface area contributed by atoms with E-state index in [4.69, 9.17) is 14.2 Å². The van der Waals surface area contributed by atoms with Gasteiger partial charge in [-0.3, -0.25) is 10.1 Å². The van der Waals surface area contributed by atoms with Crippen molar-refractivity contribution in [2.75, 3.05) is 21.3 Å². The highest BCUT2D eigenvalue weighted by Crippen LogP contribution is 2.37. The van der Waals surface area contributed by atoms with E-state index in [1.807, 2.05) is 20.8 Å². The molecule has 0 saturated heterocycles. The highest BCUT2D eigenvalue weighted by molar-refractivity contribution is 6.01. The Kier molecular flexibility index (Phi) is 5.91. The number of rotatable bonds is 5. The number of hydrogen-bond acceptors (Lipinski definition) is 7. The lowest BCUT2D eigenvalue weighted by Gasteiger charge is -2.26. The van der Waals surface area contributed by atoms with Gasteiger partial charge in [0.15, 0.2) is 17.5 Å². The molecule has 1 aliphatic rings. The van der Waals surface area contributed by atoms with Gasteiger partial charge in [0, 0.05) is 5.56 Å². The van der Waals surface area contributed by atoms with Crippen LogP contribution in [-0.2, 0) is 4.79 Å². The number of guanidine groups is 1. The van der Waals surface area contributed by atoms with Crippen molar-refractivity contribution in [3.05, 3.63) is 17.7 Å². The Balaban J connectivity index is 2.21. The van der Waals surface area contributed by atoms with Crippen molar-refractivity contribution in [3.8, 4) is 17.2 Å². The normalized spacial score (nSPS) is 18.9. The monoisotopic (exact) mass is 361 g/mol. The van der Waals surface area contributed by atoms with Crippen LogP contribution < -0.4 is 19.5 Å². The third-order valence-electron chi connectivity index (χ3n) is 3.62. The third kappa shape index (κ3) is 4.35. The lowest BCUT2D eigenvalue weighted by Crippen LogP contribution is -2.46. The minimum absolute atomic E-state index is 0.0409. The number of carbonyl (C=O) groups is 1. The molecular formula is C17H23N5O4. The van der Waals surface area contributed by atoms with E-state index in [-0.39, 0.29) is 17.3 Å². The molecule has 0 spiro atoms. The predicted octanol–water partition coefficient (Wildman–Crippen LogP) is 2.40. The maximum atomic E-state index is 12.1. The first-order valence-corrected chi connectivity index (χ1v) is 7.93. The van der Waals surface area contributed by atoms with Crippen molar-refractivity contribution >= 4 is 18.1 Å². The summed E-state index contributed by atoms with van der Waals surface area (Å²) in [6.45, 7) is 5.75. The van der Waals surface area contributed by atoms with Gasteiger partial charge in [-0.05, 0) is 17.5 Å². The molecule has 2 rings (SSSR count). The Labute approximate surface area is 152 Å². The Morgan fingerprint density at radius 3 is 2.19 bits per heavy atom. The van der Waals surface area contributed by atoms with Crippen molar-refractivity contribution in [3.63, 3.8) is 0 Å². The summed E-state index contributed by atoms with van der Waals surface area (Å²) < 4.78 is 15.8. The summed E-state index contributed by atoms with van der Waals surface area (Å²) in [4.78, 5) is 12.1. The van der Waals surface area contributed by atoms with Gasteiger partial charge in [0.1, 0.15) is 0 Å². The van der Waals surface area contributed by atoms with Crippen LogP contribution in [0.4, 0.5) is 0 Å². The van der Waals surface area contributed by atoms with Crippen LogP contribution in [0.2, 0.25) is 0 Å². The largest absolute Gasteiger partial charge is 0.493 e. The van der Waals surface area contributed by atoms with Crippen molar-refractivity contribution in [2.45, 2.75) is 26.8 Å². The molecule has 26 heavy (non-hydrogen) atoms. The topological polar surface area (TPSA) is 106 Å². The second kappa shape index (κ2) is 7.94. The van der Waals surface area contributed by atoms with Crippen LogP contribution in [0.5, 0.6) is 17.2 Å². The number of benzene rings is 1. The maximum Gasteiger partial charge on any atom is 0.268 e. The molecular weight excluding hydrogens is 338 g/mol. The number of carbonyl (C=O) groups excluding carboxylic acids is 1. The van der Waals surface area contributed by atoms with Crippen molar-refractivity contribution in [1.82, 2.24) is 5.32 Å². The van der Waals surface area contributed by atoms with Crippen LogP contribution in [0.3, 0.4) is 0 Å². The van der Waals surface area contributed by atoms with Gasteiger partial charge in [0.25, 0.3) is 11.9 Å². The minimum atomic E-state index is -0.555. The Morgan fingerprint density at radius 1 is 1.12 bits per heavy atom. The molecule has 1 aromatic rings. The van der Waals surface area contributed by atoms with E-state index in [1.54, 1.807) is 12.1 Å². The van der Waals surface area contributed by atoms with Gasteiger partial charge in [-0.2, -0.15) is 10.2 Å². The average molecular weight is 361 g/mol. The highest BCUT2D eigenvalue weighted by Gasteiger charge is 2.34. The quantitative estimate of drug-likeness (QED) is 0.642. The van der Waals surface area contributed by atoms with E-state index in [0.717, 1.165) is 0 Å². The van der Waals surface area contributed by atoms with Gasteiger partial charge in [-0.1, -0.05) is 20.8 Å². The molecule has 140 valence electrons. The molecule has 0 aromatic heterocycles. The Bertz CT molecular complexity index is 740. The van der Waals surface area contributed by atoms with E-state index in [0.29, 0.717) is 22.8 Å². The molecule has 9 nitrogen and oxygen atoms in total. The van der Waals surface area contributed by atoms with Crippen LogP contribution in [0.1, 0.15) is 26.3 Å². The van der Waals surface area contributed by atoms with Crippen molar-refractivity contribution < 1.29 is 19.0 Å². The summed E-state index contributed by atoms with van der Waals surface area (Å²) in [6.07, 6.45) is 1.48. The van der Waals surface area contributed by atoms with Gasteiger partial charge in [0.05, 0.1) is 27.5 Å². The maximum absolute atomic E-state index is 12.1. The minimum Gasteiger partial charge on any atom is -0.493 e. The summed E-state index contributed by atoms with van der Waals surface area (Å²) in [5, 5.41) is 18.3. The number of nitrogens with zero attached hydrogens (tertiary/aromatic N) is 4. The molecule has 0 radical (unpaired) electrons. The molecule has 0 bridgehead atoms. The summed E-state index contributed by atoms with van der Waals surface area (Å²) >= 11 is 0. The molecule has 1 aliphatic heterocycles. The average Bonchev–Trinajstić information content (AvgIpc) is 2.59. The number of ether oxygens (including phenoxy) is 3. The lowest BCUT2D eigenvalue weighted by atomic mass is 9.86. The third-order valence-corrected chi connectivity index (χ3v) is 3.62. The van der Waals surface area contributed by atoms with Gasteiger partial charge >= 0.3 is 0 Å². The van der Waals surface area contributed by atoms with Crippen LogP contribution in [0.25, 0.3) is 0 Å². The molecule has 1 heterocycles. The Morgan fingerprint density at radius 2 is 1.73 bits per heavy atom. The van der Waals surface area contributed by atoms with Crippen LogP contribution in [0.15, 0.2) is 32.6 Å². The number of methoxy groups -OCH3 is 3. The number of azo groups is 1. The second-order valence-corrected chi connectivity index (χ2v) is 6.60. The van der Waals surface area contributed by atoms with E-state index in [2.05, 4.69) is 25.7 Å². The van der Waals surface area contributed by atoms with E-state index in [9.17, 15) is 4.79 Å². The predicted molar refractivity (Wildman–Crippen MR) is 97.4 cm³/mol. The molecule has 0 fully saturated rings. The van der Waals surface area contributed by atoms with Gasteiger partial charge in [-0.25, -0.2) is 0 Å². The van der Waals surface area contributed by atoms with Crippen molar-refractivity contribution in [1.29, 1.82) is 0 Å². The summed E-state index contributed by atoms with van der Waals surface area (Å²) in [5.74, 6) is 1.27.